The molecule has 2 atom stereocenters. The molecule has 1 spiro atoms. The van der Waals surface area contributed by atoms with Gasteiger partial charge in [-0.2, -0.15) is 0 Å². The number of nitrogens with one attached hydrogen (secondary N) is 2. The van der Waals surface area contributed by atoms with Crippen LogP contribution >= 0.6 is 0 Å². The molecule has 1 aliphatic heterocycles. The van der Waals surface area contributed by atoms with E-state index in [1.54, 1.807) is 0 Å². The lowest BCUT2D eigenvalue weighted by molar-refractivity contribution is -0.136. The van der Waals surface area contributed by atoms with Crippen molar-refractivity contribution in [2.45, 2.75) is 38.1 Å². The van der Waals surface area contributed by atoms with E-state index >= 15 is 0 Å². The van der Waals surface area contributed by atoms with Crippen LogP contribution in [0.4, 0.5) is 10.5 Å². The molecular weight excluding hydrogens is 336 g/mol. The Hall–Kier alpha value is -2.90. The fourth-order valence-electron chi connectivity index (χ4n) is 3.70. The van der Waals surface area contributed by atoms with Crippen LogP contribution in [0.1, 0.15) is 43.0 Å². The SMILES string of the molecule is C[C@H]1CCCC[C@]12NC(=O)N(CC(=O)Nc1ccc(C(N)=O)cc1)C2=O. The molecule has 1 saturated heterocycles. The number of imide groups is 1. The minimum atomic E-state index is -0.876. The maximum Gasteiger partial charge on any atom is 0.325 e. The van der Waals surface area contributed by atoms with Crippen LogP contribution in [0.15, 0.2) is 24.3 Å². The van der Waals surface area contributed by atoms with Gasteiger partial charge in [0.2, 0.25) is 11.8 Å². The third kappa shape index (κ3) is 3.14. The average Bonchev–Trinajstić information content (AvgIpc) is 2.83. The molecular formula is C18H22N4O4. The number of benzene rings is 1. The standard InChI is InChI=1S/C18H22N4O4/c1-11-4-2-3-9-18(11)16(25)22(17(26)21-18)10-14(23)20-13-7-5-12(6-8-13)15(19)24/h5-8,11H,2-4,9-10H2,1H3,(H2,19,24)(H,20,23)(H,21,26)/t11-,18-/m0/s1. The summed E-state index contributed by atoms with van der Waals surface area (Å²) in [6.07, 6.45) is 3.39. The minimum Gasteiger partial charge on any atom is -0.366 e. The van der Waals surface area contributed by atoms with Crippen LogP contribution < -0.4 is 16.4 Å². The molecule has 2 aliphatic rings. The second-order valence-electron chi connectivity index (χ2n) is 6.93. The molecule has 2 fully saturated rings. The molecule has 8 heteroatoms. The smallest absolute Gasteiger partial charge is 0.325 e. The summed E-state index contributed by atoms with van der Waals surface area (Å²) in [4.78, 5) is 49.4. The first kappa shape index (κ1) is 17.9. The van der Waals surface area contributed by atoms with Gasteiger partial charge in [0.25, 0.3) is 5.91 Å². The number of hydrogen-bond donors (Lipinski definition) is 3. The van der Waals surface area contributed by atoms with Crippen LogP contribution in [0.3, 0.4) is 0 Å². The van der Waals surface area contributed by atoms with Gasteiger partial charge in [-0.1, -0.05) is 19.8 Å². The number of rotatable bonds is 4. The molecule has 1 aromatic rings. The number of amides is 5. The van der Waals surface area contributed by atoms with E-state index in [9.17, 15) is 19.2 Å². The normalized spacial score (nSPS) is 25.3. The summed E-state index contributed by atoms with van der Waals surface area (Å²) in [5, 5.41) is 5.43. The van der Waals surface area contributed by atoms with E-state index < -0.39 is 23.4 Å². The van der Waals surface area contributed by atoms with Crippen LogP contribution in [0.2, 0.25) is 0 Å². The van der Waals surface area contributed by atoms with Crippen molar-refractivity contribution < 1.29 is 19.2 Å². The number of carbonyl (C=O) groups is 4. The van der Waals surface area contributed by atoms with Crippen molar-refractivity contribution in [3.05, 3.63) is 29.8 Å². The van der Waals surface area contributed by atoms with Crippen LogP contribution in [0, 0.1) is 5.92 Å². The fourth-order valence-corrected chi connectivity index (χ4v) is 3.70. The van der Waals surface area contributed by atoms with Crippen LogP contribution in [0.25, 0.3) is 0 Å². The highest BCUT2D eigenvalue weighted by Gasteiger charge is 2.55. The van der Waals surface area contributed by atoms with Gasteiger partial charge in [0, 0.05) is 11.3 Å². The molecule has 1 aromatic carbocycles. The number of hydrogen-bond acceptors (Lipinski definition) is 4. The molecule has 0 radical (unpaired) electrons. The van der Waals surface area contributed by atoms with Gasteiger partial charge in [-0.3, -0.25) is 19.3 Å². The van der Waals surface area contributed by atoms with E-state index in [-0.39, 0.29) is 18.4 Å². The lowest BCUT2D eigenvalue weighted by atomic mass is 9.73. The Bertz CT molecular complexity index is 761. The summed E-state index contributed by atoms with van der Waals surface area (Å²) >= 11 is 0. The molecule has 1 saturated carbocycles. The first-order chi connectivity index (χ1) is 12.3. The zero-order valence-corrected chi connectivity index (χ0v) is 14.6. The maximum atomic E-state index is 12.8. The van der Waals surface area contributed by atoms with E-state index in [0.29, 0.717) is 17.7 Å². The summed E-state index contributed by atoms with van der Waals surface area (Å²) in [6.45, 7) is 1.61. The predicted molar refractivity (Wildman–Crippen MR) is 94.2 cm³/mol. The highest BCUT2D eigenvalue weighted by atomic mass is 16.2. The van der Waals surface area contributed by atoms with Gasteiger partial charge in [-0.05, 0) is 43.0 Å². The molecule has 8 nitrogen and oxygen atoms in total. The topological polar surface area (TPSA) is 122 Å². The number of primary amides is 1. The molecule has 3 rings (SSSR count). The Balaban J connectivity index is 1.66. The van der Waals surface area contributed by atoms with E-state index in [1.165, 1.54) is 24.3 Å². The lowest BCUT2D eigenvalue weighted by Gasteiger charge is -2.36. The highest BCUT2D eigenvalue weighted by molar-refractivity contribution is 6.10. The third-order valence-electron chi connectivity index (χ3n) is 5.26. The van der Waals surface area contributed by atoms with E-state index in [0.717, 1.165) is 24.2 Å². The zero-order valence-electron chi connectivity index (χ0n) is 14.6. The van der Waals surface area contributed by atoms with Crippen LogP contribution in [-0.4, -0.2) is 40.7 Å². The van der Waals surface area contributed by atoms with Gasteiger partial charge in [-0.25, -0.2) is 4.79 Å². The summed E-state index contributed by atoms with van der Waals surface area (Å²) in [5.41, 5.74) is 5.07. The number of anilines is 1. The molecule has 26 heavy (non-hydrogen) atoms. The van der Waals surface area contributed by atoms with Crippen LogP contribution in [0.5, 0.6) is 0 Å². The molecule has 138 valence electrons. The lowest BCUT2D eigenvalue weighted by Crippen LogP contribution is -2.54. The fraction of sp³-hybridized carbons (Fsp3) is 0.444. The van der Waals surface area contributed by atoms with Crippen LogP contribution in [-0.2, 0) is 9.59 Å². The van der Waals surface area contributed by atoms with Crippen molar-refractivity contribution in [1.82, 2.24) is 10.2 Å². The Labute approximate surface area is 151 Å². The Morgan fingerprint density at radius 2 is 1.96 bits per heavy atom. The van der Waals surface area contributed by atoms with Crippen molar-refractivity contribution in [2.24, 2.45) is 11.7 Å². The second-order valence-corrected chi connectivity index (χ2v) is 6.93. The molecule has 1 heterocycles. The Kier molecular flexibility index (Phi) is 4.67. The predicted octanol–water partition coefficient (Wildman–Crippen LogP) is 1.22. The largest absolute Gasteiger partial charge is 0.366 e. The van der Waals surface area contributed by atoms with Gasteiger partial charge in [0.05, 0.1) is 0 Å². The minimum absolute atomic E-state index is 0.0436. The van der Waals surface area contributed by atoms with Gasteiger partial charge in [0.15, 0.2) is 0 Å². The highest BCUT2D eigenvalue weighted by Crippen LogP contribution is 2.38. The van der Waals surface area contributed by atoms with Gasteiger partial charge in [0.1, 0.15) is 12.1 Å². The average molecular weight is 358 g/mol. The van der Waals surface area contributed by atoms with Crippen molar-refractivity contribution in [2.75, 3.05) is 11.9 Å². The molecule has 0 aromatic heterocycles. The number of nitrogens with zero attached hydrogens (tertiary/aromatic N) is 1. The molecule has 5 amide bonds. The summed E-state index contributed by atoms with van der Waals surface area (Å²) in [5.74, 6) is -1.33. The van der Waals surface area contributed by atoms with Gasteiger partial charge in [-0.15, -0.1) is 0 Å². The first-order valence-corrected chi connectivity index (χ1v) is 8.67. The zero-order chi connectivity index (χ0) is 18.9. The Morgan fingerprint density at radius 3 is 2.58 bits per heavy atom. The Morgan fingerprint density at radius 1 is 1.27 bits per heavy atom. The summed E-state index contributed by atoms with van der Waals surface area (Å²) in [6, 6.07) is 5.53. The van der Waals surface area contributed by atoms with Crippen molar-refractivity contribution >= 4 is 29.4 Å². The number of carbonyl (C=O) groups excluding carboxylic acids is 4. The molecule has 0 unspecified atom stereocenters. The first-order valence-electron chi connectivity index (χ1n) is 8.67. The van der Waals surface area contributed by atoms with E-state index in [2.05, 4.69) is 10.6 Å². The number of nitrogens with two attached hydrogens (primary N) is 1. The maximum absolute atomic E-state index is 12.8. The third-order valence-corrected chi connectivity index (χ3v) is 5.26. The second kappa shape index (κ2) is 6.78. The van der Waals surface area contributed by atoms with Crippen molar-refractivity contribution in [3.63, 3.8) is 0 Å². The van der Waals surface area contributed by atoms with Gasteiger partial charge < -0.3 is 16.4 Å². The van der Waals surface area contributed by atoms with Gasteiger partial charge >= 0.3 is 6.03 Å². The van der Waals surface area contributed by atoms with E-state index in [4.69, 9.17) is 5.73 Å². The van der Waals surface area contributed by atoms with Crippen molar-refractivity contribution in [1.29, 1.82) is 0 Å². The summed E-state index contributed by atoms with van der Waals surface area (Å²) in [7, 11) is 0. The molecule has 4 N–H and O–H groups in total. The molecule has 1 aliphatic carbocycles. The summed E-state index contributed by atoms with van der Waals surface area (Å²) < 4.78 is 0. The monoisotopic (exact) mass is 358 g/mol. The quantitative estimate of drug-likeness (QED) is 0.701. The van der Waals surface area contributed by atoms with Crippen molar-refractivity contribution in [3.8, 4) is 0 Å². The van der Waals surface area contributed by atoms with E-state index in [1.807, 2.05) is 6.92 Å². The number of urea groups is 1. The molecule has 0 bridgehead atoms.